The summed E-state index contributed by atoms with van der Waals surface area (Å²) in [4.78, 5) is 19.2. The number of hydrogen-bond donors (Lipinski definition) is 2. The minimum absolute atomic E-state index is 0.0207. The van der Waals surface area contributed by atoms with Gasteiger partial charge >= 0.3 is 0 Å². The van der Waals surface area contributed by atoms with E-state index in [4.69, 9.17) is 16.3 Å². The first-order chi connectivity index (χ1) is 14.5. The Morgan fingerprint density at radius 3 is 3.03 bits per heavy atom. The largest absolute Gasteiger partial charge is 0.484 e. The SMILES string of the molecule is Cc1cnccc1C1CNNC1C1CCCCN1C(=O)COc1ccc(F)c(Cl)c1. The monoisotopic (exact) mass is 432 g/mol. The van der Waals surface area contributed by atoms with Gasteiger partial charge in [0, 0.05) is 49.6 Å². The van der Waals surface area contributed by atoms with Gasteiger partial charge < -0.3 is 9.64 Å². The maximum atomic E-state index is 13.3. The number of benzene rings is 1. The molecule has 0 spiro atoms. The molecule has 8 heteroatoms. The minimum atomic E-state index is -0.510. The number of aromatic nitrogens is 1. The molecule has 1 amide bonds. The fourth-order valence-electron chi connectivity index (χ4n) is 4.52. The van der Waals surface area contributed by atoms with E-state index in [1.54, 1.807) is 0 Å². The molecule has 3 unspecified atom stereocenters. The molecule has 4 rings (SSSR count). The number of pyridine rings is 1. The van der Waals surface area contributed by atoms with E-state index in [0.29, 0.717) is 12.3 Å². The summed E-state index contributed by atoms with van der Waals surface area (Å²) < 4.78 is 18.9. The van der Waals surface area contributed by atoms with Crippen molar-refractivity contribution in [3.63, 3.8) is 0 Å². The van der Waals surface area contributed by atoms with E-state index < -0.39 is 5.82 Å². The molecule has 1 aromatic carbocycles. The number of nitrogens with zero attached hydrogens (tertiary/aromatic N) is 2. The highest BCUT2D eigenvalue weighted by Gasteiger charge is 2.40. The number of carbonyl (C=O) groups is 1. The van der Waals surface area contributed by atoms with Gasteiger partial charge in [-0.05, 0) is 55.5 Å². The summed E-state index contributed by atoms with van der Waals surface area (Å²) in [7, 11) is 0. The molecule has 2 N–H and O–H groups in total. The van der Waals surface area contributed by atoms with Gasteiger partial charge in [0.15, 0.2) is 6.61 Å². The van der Waals surface area contributed by atoms with Crippen molar-refractivity contribution in [3.05, 3.63) is 58.6 Å². The number of aryl methyl sites for hydroxylation is 1. The summed E-state index contributed by atoms with van der Waals surface area (Å²) in [6.07, 6.45) is 6.71. The van der Waals surface area contributed by atoms with Crippen LogP contribution in [0.15, 0.2) is 36.7 Å². The zero-order valence-corrected chi connectivity index (χ0v) is 17.7. The molecule has 0 saturated carbocycles. The normalized spacial score (nSPS) is 24.1. The standard InChI is InChI=1S/C22H26ClFN4O2/c1-14-11-25-8-7-16(14)17-12-26-27-22(17)20-4-2-3-9-28(20)21(29)13-30-15-5-6-19(24)18(23)10-15/h5-8,10-11,17,20,22,26-27H,2-4,9,12-13H2,1H3. The molecule has 3 atom stereocenters. The van der Waals surface area contributed by atoms with E-state index in [9.17, 15) is 9.18 Å². The van der Waals surface area contributed by atoms with Gasteiger partial charge in [-0.3, -0.25) is 20.6 Å². The summed E-state index contributed by atoms with van der Waals surface area (Å²) in [6, 6.07) is 6.35. The number of carbonyl (C=O) groups excluding carboxylic acids is 1. The summed E-state index contributed by atoms with van der Waals surface area (Å²) in [5.74, 6) is 0.0558. The fourth-order valence-corrected chi connectivity index (χ4v) is 4.69. The van der Waals surface area contributed by atoms with Crippen LogP contribution in [-0.4, -0.2) is 47.6 Å². The van der Waals surface area contributed by atoms with Crippen molar-refractivity contribution in [1.82, 2.24) is 20.7 Å². The maximum absolute atomic E-state index is 13.3. The summed E-state index contributed by atoms with van der Waals surface area (Å²) in [5, 5.41) is -0.0207. The van der Waals surface area contributed by atoms with Gasteiger partial charge in [0.2, 0.25) is 0 Å². The van der Waals surface area contributed by atoms with Crippen LogP contribution >= 0.6 is 11.6 Å². The first-order valence-electron chi connectivity index (χ1n) is 10.3. The average Bonchev–Trinajstić information content (AvgIpc) is 3.24. The lowest BCUT2D eigenvalue weighted by molar-refractivity contribution is -0.137. The molecular weight excluding hydrogens is 407 g/mol. The average molecular weight is 433 g/mol. The second-order valence-electron chi connectivity index (χ2n) is 7.90. The molecule has 2 aliphatic heterocycles. The van der Waals surface area contributed by atoms with Crippen LogP contribution in [-0.2, 0) is 4.79 Å². The number of hydrogen-bond acceptors (Lipinski definition) is 5. The molecule has 1 aromatic heterocycles. The zero-order valence-electron chi connectivity index (χ0n) is 16.9. The smallest absolute Gasteiger partial charge is 0.260 e. The highest BCUT2D eigenvalue weighted by molar-refractivity contribution is 6.30. The third-order valence-corrected chi connectivity index (χ3v) is 6.31. The van der Waals surface area contributed by atoms with E-state index in [2.05, 4.69) is 28.8 Å². The van der Waals surface area contributed by atoms with E-state index in [-0.39, 0.29) is 35.5 Å². The number of rotatable bonds is 5. The lowest BCUT2D eigenvalue weighted by atomic mass is 9.83. The molecule has 2 aliphatic rings. The van der Waals surface area contributed by atoms with E-state index in [0.717, 1.165) is 31.4 Å². The van der Waals surface area contributed by atoms with Crippen molar-refractivity contribution in [2.45, 2.75) is 44.2 Å². The molecule has 30 heavy (non-hydrogen) atoms. The van der Waals surface area contributed by atoms with Crippen molar-refractivity contribution >= 4 is 17.5 Å². The molecule has 6 nitrogen and oxygen atoms in total. The Labute approximate surface area is 180 Å². The van der Waals surface area contributed by atoms with Gasteiger partial charge in [0.25, 0.3) is 5.91 Å². The first-order valence-corrected chi connectivity index (χ1v) is 10.7. The molecule has 2 saturated heterocycles. The molecular formula is C22H26ClFN4O2. The molecule has 3 heterocycles. The fraction of sp³-hybridized carbons (Fsp3) is 0.455. The second-order valence-corrected chi connectivity index (χ2v) is 8.31. The molecule has 160 valence electrons. The number of ether oxygens (including phenoxy) is 1. The maximum Gasteiger partial charge on any atom is 0.260 e. The van der Waals surface area contributed by atoms with Gasteiger partial charge in [-0.15, -0.1) is 0 Å². The summed E-state index contributed by atoms with van der Waals surface area (Å²) in [5.41, 5.74) is 9.10. The predicted octanol–water partition coefficient (Wildman–Crippen LogP) is 3.20. The quantitative estimate of drug-likeness (QED) is 0.759. The van der Waals surface area contributed by atoms with Gasteiger partial charge in [0.1, 0.15) is 11.6 Å². The highest BCUT2D eigenvalue weighted by atomic mass is 35.5. The van der Waals surface area contributed by atoms with Crippen LogP contribution in [0.4, 0.5) is 4.39 Å². The molecule has 2 aromatic rings. The van der Waals surface area contributed by atoms with Crippen LogP contribution in [0, 0.1) is 12.7 Å². The van der Waals surface area contributed by atoms with E-state index in [1.165, 1.54) is 23.8 Å². The van der Waals surface area contributed by atoms with Crippen LogP contribution in [0.2, 0.25) is 5.02 Å². The number of piperidine rings is 1. The number of amides is 1. The van der Waals surface area contributed by atoms with Crippen LogP contribution in [0.5, 0.6) is 5.75 Å². The number of likely N-dealkylation sites (tertiary alicyclic amines) is 1. The number of nitrogens with one attached hydrogen (secondary N) is 2. The topological polar surface area (TPSA) is 66.5 Å². The van der Waals surface area contributed by atoms with Crippen LogP contribution in [0.1, 0.15) is 36.3 Å². The molecule has 0 radical (unpaired) electrons. The predicted molar refractivity (Wildman–Crippen MR) is 113 cm³/mol. The Morgan fingerprint density at radius 1 is 1.37 bits per heavy atom. The van der Waals surface area contributed by atoms with Crippen molar-refractivity contribution in [2.75, 3.05) is 19.7 Å². The van der Waals surface area contributed by atoms with E-state index >= 15 is 0 Å². The highest BCUT2D eigenvalue weighted by Crippen LogP contribution is 2.32. The van der Waals surface area contributed by atoms with Crippen molar-refractivity contribution in [2.24, 2.45) is 0 Å². The molecule has 2 fully saturated rings. The second kappa shape index (κ2) is 9.29. The minimum Gasteiger partial charge on any atom is -0.484 e. The molecule has 0 aliphatic carbocycles. The lowest BCUT2D eigenvalue weighted by Crippen LogP contribution is -2.55. The Morgan fingerprint density at radius 2 is 2.23 bits per heavy atom. The van der Waals surface area contributed by atoms with Gasteiger partial charge in [-0.2, -0.15) is 0 Å². The van der Waals surface area contributed by atoms with Crippen molar-refractivity contribution < 1.29 is 13.9 Å². The van der Waals surface area contributed by atoms with Crippen LogP contribution in [0.3, 0.4) is 0 Å². The Bertz CT molecular complexity index is 912. The van der Waals surface area contributed by atoms with E-state index in [1.807, 2.05) is 17.3 Å². The Hall–Kier alpha value is -2.22. The Kier molecular flexibility index (Phi) is 6.51. The summed E-state index contributed by atoms with van der Waals surface area (Å²) in [6.45, 7) is 3.48. The van der Waals surface area contributed by atoms with Gasteiger partial charge in [-0.25, -0.2) is 4.39 Å². The van der Waals surface area contributed by atoms with Crippen LogP contribution in [0.25, 0.3) is 0 Å². The van der Waals surface area contributed by atoms with Crippen molar-refractivity contribution in [1.29, 1.82) is 0 Å². The third-order valence-electron chi connectivity index (χ3n) is 6.02. The molecule has 0 bridgehead atoms. The third kappa shape index (κ3) is 4.43. The van der Waals surface area contributed by atoms with Gasteiger partial charge in [0.05, 0.1) is 5.02 Å². The van der Waals surface area contributed by atoms with Crippen LogP contribution < -0.4 is 15.6 Å². The lowest BCUT2D eigenvalue weighted by Gasteiger charge is -2.41. The number of hydrazine groups is 1. The van der Waals surface area contributed by atoms with Gasteiger partial charge in [-0.1, -0.05) is 11.6 Å². The summed E-state index contributed by atoms with van der Waals surface area (Å²) >= 11 is 5.80. The Balaban J connectivity index is 1.47. The zero-order chi connectivity index (χ0) is 21.1. The number of halogens is 2. The van der Waals surface area contributed by atoms with Crippen molar-refractivity contribution in [3.8, 4) is 5.75 Å². The first kappa shape index (κ1) is 21.0.